The molecule has 0 bridgehead atoms. The first kappa shape index (κ1) is 17.0. The van der Waals surface area contributed by atoms with E-state index in [-0.39, 0.29) is 23.0 Å². The van der Waals surface area contributed by atoms with Crippen LogP contribution in [0.4, 0.5) is 11.4 Å². The Balaban J connectivity index is 1.55. The van der Waals surface area contributed by atoms with Crippen LogP contribution in [0.1, 0.15) is 6.92 Å². The van der Waals surface area contributed by atoms with Crippen LogP contribution >= 0.6 is 11.8 Å². The number of fused-ring (bicyclic) bond motifs is 1. The largest absolute Gasteiger partial charge is 0.359 e. The highest BCUT2D eigenvalue weighted by Gasteiger charge is 2.36. The van der Waals surface area contributed by atoms with E-state index >= 15 is 0 Å². The summed E-state index contributed by atoms with van der Waals surface area (Å²) in [6, 6.07) is 5.05. The molecule has 2 aliphatic heterocycles. The highest BCUT2D eigenvalue weighted by Crippen LogP contribution is 2.23. The Labute approximate surface area is 147 Å². The van der Waals surface area contributed by atoms with Crippen molar-refractivity contribution >= 4 is 35.0 Å². The monoisotopic (exact) mass is 364 g/mol. The second-order valence-electron chi connectivity index (χ2n) is 5.47. The van der Waals surface area contributed by atoms with Crippen molar-refractivity contribution < 1.29 is 14.5 Å². The first-order chi connectivity index (χ1) is 11.9. The minimum Gasteiger partial charge on any atom is -0.359 e. The fourth-order valence-electron chi connectivity index (χ4n) is 2.33. The molecule has 1 fully saturated rings. The van der Waals surface area contributed by atoms with Gasteiger partial charge in [0, 0.05) is 29.7 Å². The number of nitrogens with zero attached hydrogens (tertiary/aromatic N) is 2. The predicted octanol–water partition coefficient (Wildman–Crippen LogP) is 0.277. The molecule has 1 aromatic carbocycles. The molecule has 0 aliphatic carbocycles. The van der Waals surface area contributed by atoms with Crippen LogP contribution in [0, 0.1) is 10.1 Å². The molecule has 2 heterocycles. The van der Waals surface area contributed by atoms with E-state index in [0.29, 0.717) is 11.4 Å². The first-order valence-electron chi connectivity index (χ1n) is 7.40. The predicted molar refractivity (Wildman–Crippen MR) is 91.8 cm³/mol. The summed E-state index contributed by atoms with van der Waals surface area (Å²) in [7, 11) is 0. The number of hydrogen-bond acceptors (Lipinski definition) is 8. The van der Waals surface area contributed by atoms with Gasteiger partial charge in [-0.15, -0.1) is 11.8 Å². The number of rotatable bonds is 4. The maximum absolute atomic E-state index is 12.3. The molecule has 25 heavy (non-hydrogen) atoms. The average molecular weight is 364 g/mol. The lowest BCUT2D eigenvalue weighted by atomic mass is 10.3. The van der Waals surface area contributed by atoms with Gasteiger partial charge in [-0.05, 0) is 19.1 Å². The average Bonchev–Trinajstić information content (AvgIpc) is 2.59. The molecule has 2 aliphatic rings. The van der Waals surface area contributed by atoms with Crippen LogP contribution < -0.4 is 21.6 Å². The smallest absolute Gasteiger partial charge is 0.269 e. The van der Waals surface area contributed by atoms with Gasteiger partial charge in [-0.2, -0.15) is 0 Å². The topological polar surface area (TPSA) is 129 Å². The quantitative estimate of drug-likeness (QED) is 0.443. The first-order valence-corrected chi connectivity index (χ1v) is 8.45. The van der Waals surface area contributed by atoms with Crippen molar-refractivity contribution in [3.05, 3.63) is 46.2 Å². The van der Waals surface area contributed by atoms with Gasteiger partial charge in [-0.3, -0.25) is 30.6 Å². The van der Waals surface area contributed by atoms with Crippen molar-refractivity contribution in [1.29, 1.82) is 0 Å². The summed E-state index contributed by atoms with van der Waals surface area (Å²) < 4.78 is 0. The van der Waals surface area contributed by atoms with Gasteiger partial charge >= 0.3 is 0 Å². The van der Waals surface area contributed by atoms with Crippen LogP contribution in [0.5, 0.6) is 0 Å². The number of carbonyl (C=O) groups excluding carboxylic acids is 2. The summed E-state index contributed by atoms with van der Waals surface area (Å²) in [5, 5.41) is 15.1. The summed E-state index contributed by atoms with van der Waals surface area (Å²) in [5.41, 5.74) is 9.13. The molecule has 2 unspecified atom stereocenters. The summed E-state index contributed by atoms with van der Waals surface area (Å²) in [6.07, 6.45) is 1.46. The van der Waals surface area contributed by atoms with Crippen LogP contribution in [0.3, 0.4) is 0 Å². The standard InChI is InChI=1S/C14H16N6O4S/c1-8-6-12(21)19-14(15-8)25-7-11(18-19)13(22)17-16-9-2-4-10(5-3-9)20(23)24/h2-6,11,14-16,18H,7H2,1H3,(H,17,22). The Morgan fingerprint density at radius 3 is 2.80 bits per heavy atom. The summed E-state index contributed by atoms with van der Waals surface area (Å²) in [5.74, 6) is -0.0827. The number of hydrazine groups is 2. The fourth-order valence-corrected chi connectivity index (χ4v) is 3.52. The molecule has 132 valence electrons. The molecule has 0 saturated carbocycles. The minimum absolute atomic E-state index is 0.0345. The molecule has 4 N–H and O–H groups in total. The molecule has 0 aromatic heterocycles. The van der Waals surface area contributed by atoms with Gasteiger partial charge in [-0.1, -0.05) is 0 Å². The molecule has 1 saturated heterocycles. The highest BCUT2D eigenvalue weighted by molar-refractivity contribution is 7.99. The van der Waals surface area contributed by atoms with E-state index in [1.807, 2.05) is 6.92 Å². The van der Waals surface area contributed by atoms with Crippen molar-refractivity contribution in [3.63, 3.8) is 0 Å². The van der Waals surface area contributed by atoms with Crippen LogP contribution in [-0.4, -0.2) is 39.0 Å². The Hall–Kier alpha value is -2.79. The molecule has 11 heteroatoms. The third-order valence-electron chi connectivity index (χ3n) is 3.60. The van der Waals surface area contributed by atoms with E-state index in [1.165, 1.54) is 47.1 Å². The van der Waals surface area contributed by atoms with E-state index in [4.69, 9.17) is 0 Å². The number of nitro groups is 1. The van der Waals surface area contributed by atoms with Gasteiger partial charge in [0.2, 0.25) is 0 Å². The molecular formula is C14H16N6O4S. The number of carbonyl (C=O) groups is 2. The second kappa shape index (κ2) is 6.99. The van der Waals surface area contributed by atoms with Gasteiger partial charge < -0.3 is 5.32 Å². The number of allylic oxidation sites excluding steroid dienone is 1. The zero-order valence-electron chi connectivity index (χ0n) is 13.2. The molecule has 2 atom stereocenters. The number of anilines is 1. The second-order valence-corrected chi connectivity index (χ2v) is 6.58. The summed E-state index contributed by atoms with van der Waals surface area (Å²) >= 11 is 1.44. The van der Waals surface area contributed by atoms with Crippen molar-refractivity contribution in [3.8, 4) is 0 Å². The minimum atomic E-state index is -0.593. The van der Waals surface area contributed by atoms with Gasteiger partial charge in [0.05, 0.1) is 10.6 Å². The molecule has 0 spiro atoms. The van der Waals surface area contributed by atoms with Crippen molar-refractivity contribution in [2.24, 2.45) is 0 Å². The Morgan fingerprint density at radius 2 is 2.12 bits per heavy atom. The lowest BCUT2D eigenvalue weighted by molar-refractivity contribution is -0.384. The summed E-state index contributed by atoms with van der Waals surface area (Å²) in [4.78, 5) is 34.4. The van der Waals surface area contributed by atoms with Crippen LogP contribution in [0.25, 0.3) is 0 Å². The SMILES string of the molecule is CC1=CC(=O)N2NC(C(=O)NNc3ccc([N+](=O)[O-])cc3)CSC2N1. The van der Waals surface area contributed by atoms with Crippen LogP contribution in [-0.2, 0) is 9.59 Å². The van der Waals surface area contributed by atoms with Gasteiger partial charge in [0.15, 0.2) is 5.50 Å². The number of non-ortho nitro benzene ring substituents is 1. The van der Waals surface area contributed by atoms with Crippen molar-refractivity contribution in [1.82, 2.24) is 21.2 Å². The lowest BCUT2D eigenvalue weighted by Gasteiger charge is -2.41. The number of nitro benzene ring substituents is 1. The van der Waals surface area contributed by atoms with E-state index in [1.54, 1.807) is 0 Å². The summed E-state index contributed by atoms with van der Waals surface area (Å²) in [6.45, 7) is 1.81. The zero-order valence-corrected chi connectivity index (χ0v) is 14.0. The van der Waals surface area contributed by atoms with Crippen LogP contribution in [0.2, 0.25) is 0 Å². The number of hydrogen-bond donors (Lipinski definition) is 4. The number of amides is 2. The number of thioether (sulfide) groups is 1. The Kier molecular flexibility index (Phi) is 4.76. The molecule has 3 rings (SSSR count). The van der Waals surface area contributed by atoms with Crippen LogP contribution in [0.15, 0.2) is 36.0 Å². The molecule has 10 nitrogen and oxygen atoms in total. The third kappa shape index (κ3) is 3.83. The van der Waals surface area contributed by atoms with Gasteiger partial charge in [0.25, 0.3) is 17.5 Å². The van der Waals surface area contributed by atoms with Gasteiger partial charge in [0.1, 0.15) is 6.04 Å². The Bertz CT molecular complexity index is 737. The van der Waals surface area contributed by atoms with E-state index < -0.39 is 11.0 Å². The number of benzene rings is 1. The van der Waals surface area contributed by atoms with E-state index in [0.717, 1.165) is 5.70 Å². The van der Waals surface area contributed by atoms with E-state index in [9.17, 15) is 19.7 Å². The number of nitrogens with one attached hydrogen (secondary N) is 4. The molecule has 0 radical (unpaired) electrons. The van der Waals surface area contributed by atoms with Crippen molar-refractivity contribution in [2.75, 3.05) is 11.2 Å². The van der Waals surface area contributed by atoms with Crippen molar-refractivity contribution in [2.45, 2.75) is 18.5 Å². The molecular weight excluding hydrogens is 348 g/mol. The molecule has 1 aromatic rings. The normalized spacial score (nSPS) is 22.4. The maximum atomic E-state index is 12.3. The fraction of sp³-hybridized carbons (Fsp3) is 0.286. The molecule has 2 amide bonds. The van der Waals surface area contributed by atoms with Gasteiger partial charge in [-0.25, -0.2) is 10.4 Å². The third-order valence-corrected chi connectivity index (χ3v) is 4.77. The lowest BCUT2D eigenvalue weighted by Crippen LogP contribution is -2.65. The van der Waals surface area contributed by atoms with E-state index in [2.05, 4.69) is 21.6 Å². The maximum Gasteiger partial charge on any atom is 0.269 e. The highest BCUT2D eigenvalue weighted by atomic mass is 32.2. The Morgan fingerprint density at radius 1 is 1.40 bits per heavy atom. The zero-order chi connectivity index (χ0) is 18.0.